The van der Waals surface area contributed by atoms with Crippen molar-refractivity contribution in [3.05, 3.63) is 28.2 Å². The quantitative estimate of drug-likeness (QED) is 0.869. The highest BCUT2D eigenvalue weighted by molar-refractivity contribution is 9.10. The minimum Gasteiger partial charge on any atom is -0.462 e. The molecule has 1 aromatic rings. The number of carbonyl (C=O) groups is 2. The van der Waals surface area contributed by atoms with Gasteiger partial charge in [0, 0.05) is 11.4 Å². The summed E-state index contributed by atoms with van der Waals surface area (Å²) in [7, 11) is 0. The van der Waals surface area contributed by atoms with Crippen molar-refractivity contribution in [2.24, 2.45) is 0 Å². The van der Waals surface area contributed by atoms with Gasteiger partial charge in [0.15, 0.2) is 0 Å². The van der Waals surface area contributed by atoms with Crippen LogP contribution in [0.2, 0.25) is 0 Å². The second kappa shape index (κ2) is 5.65. The first-order valence-electron chi connectivity index (χ1n) is 4.79. The van der Waals surface area contributed by atoms with Crippen LogP contribution >= 0.6 is 15.9 Å². The third-order valence-electron chi connectivity index (χ3n) is 1.79. The van der Waals surface area contributed by atoms with Crippen molar-refractivity contribution in [1.82, 2.24) is 0 Å². The Morgan fingerprint density at radius 3 is 2.62 bits per heavy atom. The van der Waals surface area contributed by atoms with Crippen LogP contribution in [0.4, 0.5) is 5.69 Å². The second-order valence-electron chi connectivity index (χ2n) is 3.10. The lowest BCUT2D eigenvalue weighted by molar-refractivity contribution is -0.114. The Balaban J connectivity index is 2.90. The normalized spacial score (nSPS) is 9.69. The van der Waals surface area contributed by atoms with E-state index >= 15 is 0 Å². The van der Waals surface area contributed by atoms with Crippen molar-refractivity contribution < 1.29 is 14.3 Å². The fourth-order valence-electron chi connectivity index (χ4n) is 1.15. The lowest BCUT2D eigenvalue weighted by Gasteiger charge is -2.07. The molecule has 0 saturated heterocycles. The molecule has 4 nitrogen and oxygen atoms in total. The van der Waals surface area contributed by atoms with E-state index in [0.29, 0.717) is 22.3 Å². The minimum atomic E-state index is -0.377. The predicted molar refractivity (Wildman–Crippen MR) is 64.4 cm³/mol. The van der Waals surface area contributed by atoms with Gasteiger partial charge in [0.05, 0.1) is 17.9 Å². The van der Waals surface area contributed by atoms with Crippen molar-refractivity contribution in [2.75, 3.05) is 11.9 Å². The van der Waals surface area contributed by atoms with E-state index in [1.54, 1.807) is 25.1 Å². The van der Waals surface area contributed by atoms with E-state index < -0.39 is 0 Å². The maximum absolute atomic E-state index is 11.4. The topological polar surface area (TPSA) is 55.4 Å². The van der Waals surface area contributed by atoms with Crippen LogP contribution < -0.4 is 5.32 Å². The van der Waals surface area contributed by atoms with Crippen LogP contribution in [0.25, 0.3) is 0 Å². The molecular weight excluding hydrogens is 274 g/mol. The molecule has 86 valence electrons. The van der Waals surface area contributed by atoms with Crippen LogP contribution in [0.15, 0.2) is 22.7 Å². The van der Waals surface area contributed by atoms with E-state index in [9.17, 15) is 9.59 Å². The number of hydrogen-bond donors (Lipinski definition) is 1. The van der Waals surface area contributed by atoms with Crippen LogP contribution in [-0.2, 0) is 9.53 Å². The first kappa shape index (κ1) is 12.7. The molecule has 0 unspecified atom stereocenters. The fourth-order valence-corrected chi connectivity index (χ4v) is 1.63. The van der Waals surface area contributed by atoms with Gasteiger partial charge in [-0.15, -0.1) is 0 Å². The van der Waals surface area contributed by atoms with E-state index in [1.165, 1.54) is 6.92 Å². The zero-order valence-electron chi connectivity index (χ0n) is 9.04. The van der Waals surface area contributed by atoms with Gasteiger partial charge in [0.25, 0.3) is 0 Å². The predicted octanol–water partition coefficient (Wildman–Crippen LogP) is 2.58. The molecule has 5 heteroatoms. The number of halogens is 1. The highest BCUT2D eigenvalue weighted by atomic mass is 79.9. The van der Waals surface area contributed by atoms with Gasteiger partial charge >= 0.3 is 5.97 Å². The molecular formula is C11H12BrNO3. The average Bonchev–Trinajstić information content (AvgIpc) is 2.20. The molecule has 0 saturated carbocycles. The molecule has 0 aliphatic rings. The molecule has 0 fully saturated rings. The summed E-state index contributed by atoms with van der Waals surface area (Å²) < 4.78 is 5.50. The molecule has 0 heterocycles. The molecule has 1 N–H and O–H groups in total. The smallest absolute Gasteiger partial charge is 0.338 e. The van der Waals surface area contributed by atoms with Crippen LogP contribution in [0, 0.1) is 0 Å². The summed E-state index contributed by atoms with van der Waals surface area (Å²) in [5.41, 5.74) is 1.07. The molecule has 0 aliphatic heterocycles. The molecule has 0 bridgehead atoms. The van der Waals surface area contributed by atoms with E-state index in [1.807, 2.05) is 0 Å². The summed E-state index contributed by atoms with van der Waals surface area (Å²) in [4.78, 5) is 22.3. The highest BCUT2D eigenvalue weighted by Crippen LogP contribution is 2.23. The molecule has 16 heavy (non-hydrogen) atoms. The summed E-state index contributed by atoms with van der Waals surface area (Å²) in [6.07, 6.45) is 0. The Morgan fingerprint density at radius 1 is 1.44 bits per heavy atom. The van der Waals surface area contributed by atoms with Crippen LogP contribution in [0.3, 0.4) is 0 Å². The van der Waals surface area contributed by atoms with E-state index in [0.717, 1.165) is 0 Å². The summed E-state index contributed by atoms with van der Waals surface area (Å²) in [5, 5.41) is 2.63. The number of benzene rings is 1. The second-order valence-corrected chi connectivity index (χ2v) is 3.95. The highest BCUT2D eigenvalue weighted by Gasteiger charge is 2.09. The number of nitrogens with one attached hydrogen (secondary N) is 1. The molecule has 0 radical (unpaired) electrons. The summed E-state index contributed by atoms with van der Waals surface area (Å²) in [6.45, 7) is 3.51. The van der Waals surface area contributed by atoms with Crippen molar-refractivity contribution in [2.45, 2.75) is 13.8 Å². The monoisotopic (exact) mass is 285 g/mol. The number of esters is 1. The molecule has 0 aromatic heterocycles. The third-order valence-corrected chi connectivity index (χ3v) is 2.45. The van der Waals surface area contributed by atoms with Gasteiger partial charge in [-0.1, -0.05) is 0 Å². The molecule has 0 aliphatic carbocycles. The summed E-state index contributed by atoms with van der Waals surface area (Å²) in [5.74, 6) is -0.540. The fraction of sp³-hybridized carbons (Fsp3) is 0.273. The lowest BCUT2D eigenvalue weighted by Crippen LogP contribution is -2.08. The van der Waals surface area contributed by atoms with Crippen molar-refractivity contribution >= 4 is 33.5 Å². The molecule has 0 spiro atoms. The van der Waals surface area contributed by atoms with Crippen LogP contribution in [0.1, 0.15) is 24.2 Å². The van der Waals surface area contributed by atoms with Gasteiger partial charge in [-0.05, 0) is 41.1 Å². The van der Waals surface area contributed by atoms with E-state index in [-0.39, 0.29) is 11.9 Å². The Bertz CT molecular complexity index is 418. The zero-order chi connectivity index (χ0) is 12.1. The lowest BCUT2D eigenvalue weighted by atomic mass is 10.2. The van der Waals surface area contributed by atoms with Gasteiger partial charge in [-0.2, -0.15) is 0 Å². The van der Waals surface area contributed by atoms with Crippen molar-refractivity contribution in [3.63, 3.8) is 0 Å². The standard InChI is InChI=1S/C11H12BrNO3/c1-3-16-11(15)8-4-5-10(9(12)6-8)13-7(2)14/h4-6H,3H2,1-2H3,(H,13,14). The number of amides is 1. The van der Waals surface area contributed by atoms with Crippen molar-refractivity contribution in [1.29, 1.82) is 0 Å². The first-order chi connectivity index (χ1) is 7.54. The SMILES string of the molecule is CCOC(=O)c1ccc(NC(C)=O)c(Br)c1. The zero-order valence-corrected chi connectivity index (χ0v) is 10.6. The summed E-state index contributed by atoms with van der Waals surface area (Å²) >= 11 is 3.27. The van der Waals surface area contributed by atoms with Gasteiger partial charge in [-0.25, -0.2) is 4.79 Å². The largest absolute Gasteiger partial charge is 0.462 e. The average molecular weight is 286 g/mol. The molecule has 1 aromatic carbocycles. The number of ether oxygens (including phenoxy) is 1. The van der Waals surface area contributed by atoms with Gasteiger partial charge < -0.3 is 10.1 Å². The van der Waals surface area contributed by atoms with Crippen LogP contribution in [0.5, 0.6) is 0 Å². The first-order valence-corrected chi connectivity index (χ1v) is 5.58. The Hall–Kier alpha value is -1.36. The van der Waals surface area contributed by atoms with E-state index in [2.05, 4.69) is 21.2 Å². The number of hydrogen-bond acceptors (Lipinski definition) is 3. The number of carbonyl (C=O) groups excluding carboxylic acids is 2. The molecule has 1 amide bonds. The number of rotatable bonds is 3. The van der Waals surface area contributed by atoms with Gasteiger partial charge in [0.1, 0.15) is 0 Å². The van der Waals surface area contributed by atoms with Crippen molar-refractivity contribution in [3.8, 4) is 0 Å². The number of anilines is 1. The van der Waals surface area contributed by atoms with Crippen LogP contribution in [-0.4, -0.2) is 18.5 Å². The Labute approximate surface area is 102 Å². The maximum atomic E-state index is 11.4. The Kier molecular flexibility index (Phi) is 4.49. The van der Waals surface area contributed by atoms with Gasteiger partial charge in [-0.3, -0.25) is 4.79 Å². The summed E-state index contributed by atoms with van der Waals surface area (Å²) in [6, 6.07) is 4.87. The molecule has 1 rings (SSSR count). The van der Waals surface area contributed by atoms with E-state index in [4.69, 9.17) is 4.74 Å². The third kappa shape index (κ3) is 3.34. The molecule has 0 atom stereocenters. The maximum Gasteiger partial charge on any atom is 0.338 e. The van der Waals surface area contributed by atoms with Gasteiger partial charge in [0.2, 0.25) is 5.91 Å². The Morgan fingerprint density at radius 2 is 2.12 bits per heavy atom. The minimum absolute atomic E-state index is 0.162.